The van der Waals surface area contributed by atoms with E-state index in [9.17, 15) is 0 Å². The normalized spacial score (nSPS) is 17.8. The summed E-state index contributed by atoms with van der Waals surface area (Å²) in [5, 5.41) is 3.46. The number of hydrogen-bond donors (Lipinski definition) is 1. The highest BCUT2D eigenvalue weighted by Gasteiger charge is 2.13. The van der Waals surface area contributed by atoms with Crippen LogP contribution in [0.1, 0.15) is 38.3 Å². The van der Waals surface area contributed by atoms with Crippen LogP contribution in [0.3, 0.4) is 0 Å². The lowest BCUT2D eigenvalue weighted by molar-refractivity contribution is 0.598. The van der Waals surface area contributed by atoms with Crippen molar-refractivity contribution in [3.63, 3.8) is 0 Å². The molecule has 0 spiro atoms. The van der Waals surface area contributed by atoms with Crippen molar-refractivity contribution >= 4 is 5.69 Å². The molecule has 0 amide bonds. The van der Waals surface area contributed by atoms with E-state index in [2.05, 4.69) is 48.3 Å². The number of nitrogens with one attached hydrogen (secondary N) is 1. The van der Waals surface area contributed by atoms with E-state index in [0.717, 1.165) is 6.54 Å². The Morgan fingerprint density at radius 2 is 2.06 bits per heavy atom. The van der Waals surface area contributed by atoms with E-state index in [-0.39, 0.29) is 0 Å². The molecule has 0 aromatic heterocycles. The van der Waals surface area contributed by atoms with Gasteiger partial charge in [0.15, 0.2) is 0 Å². The van der Waals surface area contributed by atoms with Crippen molar-refractivity contribution in [1.29, 1.82) is 0 Å². The first-order valence-corrected chi connectivity index (χ1v) is 6.39. The average molecular weight is 218 g/mol. The Kier molecular flexibility index (Phi) is 3.83. The highest BCUT2D eigenvalue weighted by molar-refractivity contribution is 5.49. The smallest absolute Gasteiger partial charge is 0.0369 e. The monoisotopic (exact) mass is 218 g/mol. The molecule has 1 saturated heterocycles. The van der Waals surface area contributed by atoms with E-state index in [1.54, 1.807) is 0 Å². The largest absolute Gasteiger partial charge is 0.372 e. The number of rotatable bonds is 4. The molecule has 1 heterocycles. The molecule has 0 bridgehead atoms. The predicted molar refractivity (Wildman–Crippen MR) is 70.0 cm³/mol. The minimum Gasteiger partial charge on any atom is -0.372 e. The summed E-state index contributed by atoms with van der Waals surface area (Å²) in [6.07, 6.45) is 2.68. The summed E-state index contributed by atoms with van der Waals surface area (Å²) >= 11 is 0. The van der Waals surface area contributed by atoms with Gasteiger partial charge in [0, 0.05) is 24.8 Å². The van der Waals surface area contributed by atoms with Gasteiger partial charge in [-0.2, -0.15) is 0 Å². The molecule has 16 heavy (non-hydrogen) atoms. The molecular formula is C14H22N2. The van der Waals surface area contributed by atoms with Crippen molar-refractivity contribution in [2.75, 3.05) is 24.5 Å². The van der Waals surface area contributed by atoms with Crippen LogP contribution in [0, 0.1) is 0 Å². The topological polar surface area (TPSA) is 15.3 Å². The first-order chi connectivity index (χ1) is 7.81. The van der Waals surface area contributed by atoms with Crippen molar-refractivity contribution < 1.29 is 0 Å². The fourth-order valence-corrected chi connectivity index (χ4v) is 2.39. The molecule has 2 heteroatoms. The van der Waals surface area contributed by atoms with Gasteiger partial charge >= 0.3 is 0 Å². The molecule has 0 saturated carbocycles. The third-order valence-corrected chi connectivity index (χ3v) is 3.35. The fraction of sp³-hybridized carbons (Fsp3) is 0.571. The van der Waals surface area contributed by atoms with Crippen LogP contribution >= 0.6 is 0 Å². The van der Waals surface area contributed by atoms with Crippen LogP contribution in [0.2, 0.25) is 0 Å². The second-order valence-electron chi connectivity index (χ2n) is 4.57. The number of hydrogen-bond acceptors (Lipinski definition) is 2. The van der Waals surface area contributed by atoms with E-state index >= 15 is 0 Å². The van der Waals surface area contributed by atoms with E-state index in [1.165, 1.54) is 37.2 Å². The lowest BCUT2D eigenvalue weighted by Gasteiger charge is -2.20. The van der Waals surface area contributed by atoms with Crippen LogP contribution < -0.4 is 10.2 Å². The van der Waals surface area contributed by atoms with Crippen LogP contribution in [-0.4, -0.2) is 19.6 Å². The zero-order chi connectivity index (χ0) is 11.4. The molecule has 88 valence electrons. The van der Waals surface area contributed by atoms with Crippen molar-refractivity contribution in [1.82, 2.24) is 5.32 Å². The van der Waals surface area contributed by atoms with Crippen molar-refractivity contribution in [3.8, 4) is 0 Å². The van der Waals surface area contributed by atoms with Gasteiger partial charge in [-0.3, -0.25) is 0 Å². The van der Waals surface area contributed by atoms with Gasteiger partial charge in [0.2, 0.25) is 0 Å². The van der Waals surface area contributed by atoms with Crippen molar-refractivity contribution in [2.24, 2.45) is 0 Å². The molecule has 1 atom stereocenters. The maximum Gasteiger partial charge on any atom is 0.0369 e. The van der Waals surface area contributed by atoms with Gasteiger partial charge in [-0.1, -0.05) is 19.1 Å². The molecule has 1 aliphatic heterocycles. The quantitative estimate of drug-likeness (QED) is 0.836. The molecule has 2 nitrogen and oxygen atoms in total. The third-order valence-electron chi connectivity index (χ3n) is 3.35. The zero-order valence-corrected chi connectivity index (χ0v) is 10.4. The minimum atomic E-state index is 0.451. The van der Waals surface area contributed by atoms with Crippen LogP contribution in [0.15, 0.2) is 24.3 Å². The summed E-state index contributed by atoms with van der Waals surface area (Å²) in [6, 6.07) is 9.41. The zero-order valence-electron chi connectivity index (χ0n) is 10.4. The molecule has 1 aliphatic rings. The summed E-state index contributed by atoms with van der Waals surface area (Å²) in [7, 11) is 0. The second kappa shape index (κ2) is 5.35. The minimum absolute atomic E-state index is 0.451. The Morgan fingerprint density at radius 1 is 1.31 bits per heavy atom. The molecular weight excluding hydrogens is 196 g/mol. The molecule has 1 unspecified atom stereocenters. The average Bonchev–Trinajstić information content (AvgIpc) is 2.83. The van der Waals surface area contributed by atoms with Crippen LogP contribution in [0.4, 0.5) is 5.69 Å². The summed E-state index contributed by atoms with van der Waals surface area (Å²) in [5.74, 6) is 0. The molecule has 0 aliphatic carbocycles. The molecule has 1 aromatic carbocycles. The number of nitrogens with zero attached hydrogens (tertiary/aromatic N) is 1. The van der Waals surface area contributed by atoms with Gasteiger partial charge in [0.25, 0.3) is 0 Å². The highest BCUT2D eigenvalue weighted by Crippen LogP contribution is 2.23. The van der Waals surface area contributed by atoms with Gasteiger partial charge in [-0.15, -0.1) is 0 Å². The summed E-state index contributed by atoms with van der Waals surface area (Å²) < 4.78 is 0. The summed E-state index contributed by atoms with van der Waals surface area (Å²) in [6.45, 7) is 7.85. The van der Waals surface area contributed by atoms with E-state index in [1.807, 2.05) is 0 Å². The summed E-state index contributed by atoms with van der Waals surface area (Å²) in [5.41, 5.74) is 2.78. The van der Waals surface area contributed by atoms with Gasteiger partial charge in [-0.25, -0.2) is 0 Å². The van der Waals surface area contributed by atoms with Gasteiger partial charge < -0.3 is 10.2 Å². The van der Waals surface area contributed by atoms with Gasteiger partial charge in [0.1, 0.15) is 0 Å². The van der Waals surface area contributed by atoms with Crippen molar-refractivity contribution in [3.05, 3.63) is 29.8 Å². The predicted octanol–water partition coefficient (Wildman–Crippen LogP) is 2.96. The van der Waals surface area contributed by atoms with Crippen LogP contribution in [0.5, 0.6) is 0 Å². The Hall–Kier alpha value is -1.02. The molecule has 1 N–H and O–H groups in total. The Morgan fingerprint density at radius 3 is 2.75 bits per heavy atom. The number of anilines is 1. The number of benzene rings is 1. The standard InChI is InChI=1S/C14H22N2/c1-3-15-12(2)13-7-6-8-14(11-13)16-9-4-5-10-16/h6-8,11-12,15H,3-5,9-10H2,1-2H3. The Bertz CT molecular complexity index is 329. The van der Waals surface area contributed by atoms with E-state index in [0.29, 0.717) is 6.04 Å². The lowest BCUT2D eigenvalue weighted by atomic mass is 10.1. The maximum atomic E-state index is 3.46. The van der Waals surface area contributed by atoms with Crippen LogP contribution in [0.25, 0.3) is 0 Å². The lowest BCUT2D eigenvalue weighted by Crippen LogP contribution is -2.20. The van der Waals surface area contributed by atoms with E-state index in [4.69, 9.17) is 0 Å². The third kappa shape index (κ3) is 2.56. The van der Waals surface area contributed by atoms with E-state index < -0.39 is 0 Å². The highest BCUT2D eigenvalue weighted by atomic mass is 15.1. The first-order valence-electron chi connectivity index (χ1n) is 6.39. The second-order valence-corrected chi connectivity index (χ2v) is 4.57. The van der Waals surface area contributed by atoms with Gasteiger partial charge in [0.05, 0.1) is 0 Å². The Balaban J connectivity index is 2.12. The first kappa shape index (κ1) is 11.5. The maximum absolute atomic E-state index is 3.46. The van der Waals surface area contributed by atoms with Gasteiger partial charge in [-0.05, 0) is 44.0 Å². The van der Waals surface area contributed by atoms with Crippen molar-refractivity contribution in [2.45, 2.75) is 32.7 Å². The SMILES string of the molecule is CCNC(C)c1cccc(N2CCCC2)c1. The molecule has 0 radical (unpaired) electrons. The molecule has 1 fully saturated rings. The Labute approximate surface area is 98.7 Å². The summed E-state index contributed by atoms with van der Waals surface area (Å²) in [4.78, 5) is 2.49. The fourth-order valence-electron chi connectivity index (χ4n) is 2.39. The molecule has 1 aromatic rings. The molecule has 2 rings (SSSR count). The van der Waals surface area contributed by atoms with Crippen LogP contribution in [-0.2, 0) is 0 Å².